The van der Waals surface area contributed by atoms with Crippen molar-refractivity contribution in [2.75, 3.05) is 13.1 Å². The number of aryl methyl sites for hydroxylation is 2. The molecule has 1 unspecified atom stereocenters. The summed E-state index contributed by atoms with van der Waals surface area (Å²) in [5.74, 6) is 0.718. The van der Waals surface area contributed by atoms with E-state index in [-0.39, 0.29) is 24.4 Å². The number of rotatable bonds is 2. The summed E-state index contributed by atoms with van der Waals surface area (Å²) < 4.78 is 0. The maximum atomic E-state index is 12.4. The summed E-state index contributed by atoms with van der Waals surface area (Å²) in [5.41, 5.74) is 9.15. The fraction of sp³-hybridized carbons (Fsp3) is 0.562. The van der Waals surface area contributed by atoms with Crippen molar-refractivity contribution in [3.05, 3.63) is 34.9 Å². The van der Waals surface area contributed by atoms with Gasteiger partial charge in [-0.25, -0.2) is 0 Å². The minimum Gasteiger partial charge on any atom is -0.339 e. The maximum absolute atomic E-state index is 12.4. The third kappa shape index (κ3) is 3.74. The number of halogens is 1. The molecule has 1 atom stereocenters. The Kier molecular flexibility index (Phi) is 6.03. The van der Waals surface area contributed by atoms with Crippen LogP contribution in [0.1, 0.15) is 41.3 Å². The van der Waals surface area contributed by atoms with Gasteiger partial charge in [0.15, 0.2) is 0 Å². The standard InChI is InChI=1S/C16H24N2O.ClH/c1-11-4-5-15(10-12(11)2)16(19)18-8-6-14(7-9-18)13(3)17;/h4-5,10,13-14H,6-9,17H2,1-3H3;1H. The van der Waals surface area contributed by atoms with Gasteiger partial charge in [-0.3, -0.25) is 4.79 Å². The lowest BCUT2D eigenvalue weighted by atomic mass is 9.90. The van der Waals surface area contributed by atoms with E-state index in [1.54, 1.807) is 0 Å². The molecule has 0 saturated carbocycles. The van der Waals surface area contributed by atoms with Crippen molar-refractivity contribution in [1.29, 1.82) is 0 Å². The highest BCUT2D eigenvalue weighted by atomic mass is 35.5. The van der Waals surface area contributed by atoms with Gasteiger partial charge in [0, 0.05) is 24.7 Å². The lowest BCUT2D eigenvalue weighted by Gasteiger charge is -2.33. The van der Waals surface area contributed by atoms with E-state index in [0.29, 0.717) is 5.92 Å². The van der Waals surface area contributed by atoms with Gasteiger partial charge in [0.05, 0.1) is 0 Å². The molecule has 1 amide bonds. The number of carbonyl (C=O) groups excluding carboxylic acids is 1. The fourth-order valence-corrected chi connectivity index (χ4v) is 2.69. The lowest BCUT2D eigenvalue weighted by molar-refractivity contribution is 0.0681. The topological polar surface area (TPSA) is 46.3 Å². The number of nitrogens with two attached hydrogens (primary N) is 1. The molecule has 1 heterocycles. The predicted octanol–water partition coefficient (Wildman–Crippen LogP) is 2.92. The quantitative estimate of drug-likeness (QED) is 0.912. The van der Waals surface area contributed by atoms with Crippen LogP contribution in [0.15, 0.2) is 18.2 Å². The molecular formula is C16H25ClN2O. The summed E-state index contributed by atoms with van der Waals surface area (Å²) in [6.07, 6.45) is 2.04. The van der Waals surface area contributed by atoms with E-state index >= 15 is 0 Å². The van der Waals surface area contributed by atoms with Gasteiger partial charge in [-0.15, -0.1) is 12.4 Å². The Balaban J connectivity index is 0.00000200. The summed E-state index contributed by atoms with van der Waals surface area (Å²) in [5, 5.41) is 0. The van der Waals surface area contributed by atoms with Crippen molar-refractivity contribution in [2.45, 2.75) is 39.7 Å². The van der Waals surface area contributed by atoms with E-state index < -0.39 is 0 Å². The van der Waals surface area contributed by atoms with Gasteiger partial charge >= 0.3 is 0 Å². The number of likely N-dealkylation sites (tertiary alicyclic amines) is 1. The molecule has 0 bridgehead atoms. The maximum Gasteiger partial charge on any atom is 0.253 e. The number of amides is 1. The van der Waals surface area contributed by atoms with Crippen molar-refractivity contribution in [3.8, 4) is 0 Å². The highest BCUT2D eigenvalue weighted by molar-refractivity contribution is 5.94. The summed E-state index contributed by atoms with van der Waals surface area (Å²) in [6.45, 7) is 7.84. The summed E-state index contributed by atoms with van der Waals surface area (Å²) in [7, 11) is 0. The molecule has 1 fully saturated rings. The molecule has 1 aliphatic rings. The molecule has 0 spiro atoms. The molecule has 1 aliphatic heterocycles. The van der Waals surface area contributed by atoms with E-state index in [4.69, 9.17) is 5.73 Å². The van der Waals surface area contributed by atoms with E-state index in [1.807, 2.05) is 23.1 Å². The van der Waals surface area contributed by atoms with E-state index in [9.17, 15) is 4.79 Å². The van der Waals surface area contributed by atoms with Crippen molar-refractivity contribution < 1.29 is 4.79 Å². The molecular weight excluding hydrogens is 272 g/mol. The van der Waals surface area contributed by atoms with Crippen molar-refractivity contribution in [3.63, 3.8) is 0 Å². The molecule has 4 heteroatoms. The Bertz CT molecular complexity index is 466. The van der Waals surface area contributed by atoms with Crippen LogP contribution >= 0.6 is 12.4 Å². The molecule has 1 aromatic carbocycles. The van der Waals surface area contributed by atoms with Gasteiger partial charge in [0.1, 0.15) is 0 Å². The Morgan fingerprint density at radius 1 is 1.25 bits per heavy atom. The molecule has 3 nitrogen and oxygen atoms in total. The fourth-order valence-electron chi connectivity index (χ4n) is 2.69. The second-order valence-electron chi connectivity index (χ2n) is 5.79. The molecule has 0 aliphatic carbocycles. The molecule has 112 valence electrons. The molecule has 1 aromatic rings. The molecule has 0 aromatic heterocycles. The molecule has 0 radical (unpaired) electrons. The number of benzene rings is 1. The van der Waals surface area contributed by atoms with Gasteiger partial charge < -0.3 is 10.6 Å². The van der Waals surface area contributed by atoms with Gasteiger partial charge in [0.25, 0.3) is 5.91 Å². The van der Waals surface area contributed by atoms with Crippen molar-refractivity contribution in [2.24, 2.45) is 11.7 Å². The van der Waals surface area contributed by atoms with Crippen LogP contribution in [-0.2, 0) is 0 Å². The van der Waals surface area contributed by atoms with Gasteiger partial charge in [0.2, 0.25) is 0 Å². The SMILES string of the molecule is Cc1ccc(C(=O)N2CCC(C(C)N)CC2)cc1C.Cl. The zero-order chi connectivity index (χ0) is 14.0. The van der Waals surface area contributed by atoms with Crippen LogP contribution in [0.4, 0.5) is 0 Å². The van der Waals surface area contributed by atoms with Gasteiger partial charge in [-0.2, -0.15) is 0 Å². The first-order valence-corrected chi connectivity index (χ1v) is 7.11. The van der Waals surface area contributed by atoms with Crippen molar-refractivity contribution >= 4 is 18.3 Å². The monoisotopic (exact) mass is 296 g/mol. The zero-order valence-electron chi connectivity index (χ0n) is 12.6. The van der Waals surface area contributed by atoms with Crippen LogP contribution in [0.2, 0.25) is 0 Å². The number of piperidine rings is 1. The van der Waals surface area contributed by atoms with Crippen LogP contribution in [0, 0.1) is 19.8 Å². The number of nitrogens with zero attached hydrogens (tertiary/aromatic N) is 1. The Morgan fingerprint density at radius 2 is 1.85 bits per heavy atom. The first kappa shape index (κ1) is 17.0. The van der Waals surface area contributed by atoms with Crippen LogP contribution in [0.5, 0.6) is 0 Å². The Hall–Kier alpha value is -1.06. The largest absolute Gasteiger partial charge is 0.339 e. The highest BCUT2D eigenvalue weighted by Gasteiger charge is 2.25. The second-order valence-corrected chi connectivity index (χ2v) is 5.79. The molecule has 2 N–H and O–H groups in total. The first-order valence-electron chi connectivity index (χ1n) is 7.11. The predicted molar refractivity (Wildman–Crippen MR) is 85.4 cm³/mol. The molecule has 2 rings (SSSR count). The normalized spacial score (nSPS) is 17.5. The lowest BCUT2D eigenvalue weighted by Crippen LogP contribution is -2.42. The summed E-state index contributed by atoms with van der Waals surface area (Å²) >= 11 is 0. The van der Waals surface area contributed by atoms with Crippen LogP contribution < -0.4 is 5.73 Å². The van der Waals surface area contributed by atoms with Gasteiger partial charge in [-0.05, 0) is 62.8 Å². The summed E-state index contributed by atoms with van der Waals surface area (Å²) in [4.78, 5) is 14.4. The van der Waals surface area contributed by atoms with E-state index in [2.05, 4.69) is 20.8 Å². The number of hydrogen-bond donors (Lipinski definition) is 1. The Labute approximate surface area is 127 Å². The number of hydrogen-bond acceptors (Lipinski definition) is 2. The van der Waals surface area contributed by atoms with Crippen LogP contribution in [0.25, 0.3) is 0 Å². The van der Waals surface area contributed by atoms with E-state index in [1.165, 1.54) is 11.1 Å². The average Bonchev–Trinajstić information content (AvgIpc) is 2.41. The Morgan fingerprint density at radius 3 is 2.35 bits per heavy atom. The van der Waals surface area contributed by atoms with Crippen molar-refractivity contribution in [1.82, 2.24) is 4.90 Å². The zero-order valence-corrected chi connectivity index (χ0v) is 13.4. The van der Waals surface area contributed by atoms with Crippen LogP contribution in [0.3, 0.4) is 0 Å². The molecule has 1 saturated heterocycles. The second kappa shape index (κ2) is 7.09. The first-order chi connectivity index (χ1) is 8.99. The third-order valence-corrected chi connectivity index (χ3v) is 4.32. The minimum atomic E-state index is 0. The van der Waals surface area contributed by atoms with E-state index in [0.717, 1.165) is 31.5 Å². The summed E-state index contributed by atoms with van der Waals surface area (Å²) in [6, 6.07) is 6.19. The van der Waals surface area contributed by atoms with Gasteiger partial charge in [-0.1, -0.05) is 6.07 Å². The number of carbonyl (C=O) groups is 1. The minimum absolute atomic E-state index is 0. The highest BCUT2D eigenvalue weighted by Crippen LogP contribution is 2.21. The third-order valence-electron chi connectivity index (χ3n) is 4.32. The molecule has 20 heavy (non-hydrogen) atoms. The van der Waals surface area contributed by atoms with Crippen LogP contribution in [-0.4, -0.2) is 29.9 Å². The average molecular weight is 297 g/mol. The smallest absolute Gasteiger partial charge is 0.253 e.